The van der Waals surface area contributed by atoms with Crippen molar-refractivity contribution in [3.63, 3.8) is 0 Å². The van der Waals surface area contributed by atoms with Crippen molar-refractivity contribution < 1.29 is 14.3 Å². The molecule has 1 atom stereocenters. The van der Waals surface area contributed by atoms with E-state index in [2.05, 4.69) is 4.98 Å². The molecule has 17 heavy (non-hydrogen) atoms. The van der Waals surface area contributed by atoms with Gasteiger partial charge < -0.3 is 10.8 Å². The van der Waals surface area contributed by atoms with E-state index in [9.17, 15) is 9.18 Å². The van der Waals surface area contributed by atoms with Crippen LogP contribution in [0, 0.1) is 5.82 Å². The van der Waals surface area contributed by atoms with Crippen molar-refractivity contribution >= 4 is 5.97 Å². The summed E-state index contributed by atoms with van der Waals surface area (Å²) in [6, 6.07) is 1.59. The summed E-state index contributed by atoms with van der Waals surface area (Å²) in [7, 11) is 0. The van der Waals surface area contributed by atoms with Crippen molar-refractivity contribution in [2.75, 3.05) is 13.1 Å². The Bertz CT molecular complexity index is 440. The number of halogens is 1. The van der Waals surface area contributed by atoms with Crippen molar-refractivity contribution in [3.8, 4) is 0 Å². The maximum absolute atomic E-state index is 13.4. The SMILES string of the molecule is NC1(C(=O)O)CCN(Cc2ccncc2F)C1. The van der Waals surface area contributed by atoms with Gasteiger partial charge in [-0.1, -0.05) is 0 Å². The molecule has 92 valence electrons. The standard InChI is InChI=1S/C11H14FN3O2/c12-9-5-14-3-1-8(9)6-15-4-2-11(13,7-15)10(16)17/h1,3,5H,2,4,6-7,13H2,(H,16,17). The molecule has 0 aromatic carbocycles. The van der Waals surface area contributed by atoms with Gasteiger partial charge in [0, 0.05) is 31.4 Å². The second-order valence-corrected chi connectivity index (χ2v) is 4.39. The number of carboxylic acids is 1. The number of hydrogen-bond donors (Lipinski definition) is 2. The lowest BCUT2D eigenvalue weighted by atomic mass is 10.0. The van der Waals surface area contributed by atoms with E-state index in [-0.39, 0.29) is 12.4 Å². The molecular formula is C11H14FN3O2. The van der Waals surface area contributed by atoms with Gasteiger partial charge in [-0.15, -0.1) is 0 Å². The molecule has 0 aliphatic carbocycles. The first-order valence-electron chi connectivity index (χ1n) is 5.34. The van der Waals surface area contributed by atoms with Crippen molar-refractivity contribution in [2.24, 2.45) is 5.73 Å². The number of aliphatic carboxylic acids is 1. The number of carbonyl (C=O) groups is 1. The van der Waals surface area contributed by atoms with Gasteiger partial charge in [0.2, 0.25) is 0 Å². The molecule has 0 spiro atoms. The maximum Gasteiger partial charge on any atom is 0.325 e. The summed E-state index contributed by atoms with van der Waals surface area (Å²) in [4.78, 5) is 16.5. The molecule has 1 unspecified atom stereocenters. The van der Waals surface area contributed by atoms with Gasteiger partial charge in [-0.3, -0.25) is 14.7 Å². The third kappa shape index (κ3) is 2.42. The number of rotatable bonds is 3. The summed E-state index contributed by atoms with van der Waals surface area (Å²) in [6.07, 6.45) is 3.05. The van der Waals surface area contributed by atoms with Gasteiger partial charge in [-0.25, -0.2) is 4.39 Å². The lowest BCUT2D eigenvalue weighted by Crippen LogP contribution is -2.50. The molecule has 1 fully saturated rings. The summed E-state index contributed by atoms with van der Waals surface area (Å²) >= 11 is 0. The van der Waals surface area contributed by atoms with Gasteiger partial charge in [0.1, 0.15) is 11.4 Å². The monoisotopic (exact) mass is 239 g/mol. The van der Waals surface area contributed by atoms with Crippen molar-refractivity contribution in [2.45, 2.75) is 18.5 Å². The lowest BCUT2D eigenvalue weighted by molar-refractivity contribution is -0.142. The van der Waals surface area contributed by atoms with Crippen LogP contribution in [0.3, 0.4) is 0 Å². The molecule has 0 bridgehead atoms. The minimum atomic E-state index is -1.20. The molecule has 0 saturated carbocycles. The van der Waals surface area contributed by atoms with Crippen molar-refractivity contribution in [3.05, 3.63) is 29.8 Å². The molecule has 1 aromatic heterocycles. The average Bonchev–Trinajstić information content (AvgIpc) is 2.65. The van der Waals surface area contributed by atoms with Gasteiger partial charge in [0.05, 0.1) is 6.20 Å². The molecule has 1 aromatic rings. The molecular weight excluding hydrogens is 225 g/mol. The summed E-state index contributed by atoms with van der Waals surface area (Å²) in [5, 5.41) is 8.98. The van der Waals surface area contributed by atoms with Gasteiger partial charge in [-0.2, -0.15) is 0 Å². The highest BCUT2D eigenvalue weighted by atomic mass is 19.1. The normalized spacial score (nSPS) is 25.1. The van der Waals surface area contributed by atoms with Crippen LogP contribution in [-0.2, 0) is 11.3 Å². The third-order valence-corrected chi connectivity index (χ3v) is 3.06. The van der Waals surface area contributed by atoms with Crippen molar-refractivity contribution in [1.82, 2.24) is 9.88 Å². The van der Waals surface area contributed by atoms with Crippen LogP contribution in [0.2, 0.25) is 0 Å². The molecule has 1 aliphatic heterocycles. The lowest BCUT2D eigenvalue weighted by Gasteiger charge is -2.20. The molecule has 1 aliphatic rings. The Balaban J connectivity index is 2.04. The Hall–Kier alpha value is -1.53. The highest BCUT2D eigenvalue weighted by Crippen LogP contribution is 2.21. The fraction of sp³-hybridized carbons (Fsp3) is 0.455. The Morgan fingerprint density at radius 1 is 1.71 bits per heavy atom. The van der Waals surface area contributed by atoms with Crippen LogP contribution in [0.25, 0.3) is 0 Å². The predicted octanol–water partition coefficient (Wildman–Crippen LogP) is 0.209. The largest absolute Gasteiger partial charge is 0.480 e. The molecule has 3 N–H and O–H groups in total. The Kier molecular flexibility index (Phi) is 3.08. The van der Waals surface area contributed by atoms with Gasteiger partial charge in [-0.05, 0) is 12.5 Å². The van der Waals surface area contributed by atoms with Crippen LogP contribution in [0.4, 0.5) is 4.39 Å². The van der Waals surface area contributed by atoms with Crippen LogP contribution in [0.1, 0.15) is 12.0 Å². The van der Waals surface area contributed by atoms with Crippen molar-refractivity contribution in [1.29, 1.82) is 0 Å². The molecule has 2 heterocycles. The highest BCUT2D eigenvalue weighted by molar-refractivity contribution is 5.79. The van der Waals surface area contributed by atoms with E-state index in [1.165, 1.54) is 6.20 Å². The molecule has 0 radical (unpaired) electrons. The minimum absolute atomic E-state index is 0.240. The quantitative estimate of drug-likeness (QED) is 0.788. The molecule has 1 saturated heterocycles. The Morgan fingerprint density at radius 3 is 3.06 bits per heavy atom. The average molecular weight is 239 g/mol. The van der Waals surface area contributed by atoms with E-state index in [4.69, 9.17) is 10.8 Å². The summed E-state index contributed by atoms with van der Waals surface area (Å²) in [5.41, 5.74) is 5.04. The number of aromatic nitrogens is 1. The maximum atomic E-state index is 13.4. The number of likely N-dealkylation sites (tertiary alicyclic amines) is 1. The second kappa shape index (κ2) is 4.38. The highest BCUT2D eigenvalue weighted by Gasteiger charge is 2.41. The van der Waals surface area contributed by atoms with E-state index in [0.29, 0.717) is 25.1 Å². The first-order valence-corrected chi connectivity index (χ1v) is 5.34. The van der Waals surface area contributed by atoms with Crippen LogP contribution in [0.5, 0.6) is 0 Å². The van der Waals surface area contributed by atoms with Crippen LogP contribution < -0.4 is 5.73 Å². The van der Waals surface area contributed by atoms with Crippen LogP contribution in [-0.4, -0.2) is 39.6 Å². The van der Waals surface area contributed by atoms with E-state index >= 15 is 0 Å². The summed E-state index contributed by atoms with van der Waals surface area (Å²) < 4.78 is 13.4. The smallest absolute Gasteiger partial charge is 0.325 e. The fourth-order valence-electron chi connectivity index (χ4n) is 2.00. The molecule has 0 amide bonds. The van der Waals surface area contributed by atoms with E-state index in [1.807, 2.05) is 4.90 Å². The first-order chi connectivity index (χ1) is 8.01. The fourth-order valence-corrected chi connectivity index (χ4v) is 2.00. The summed E-state index contributed by atoms with van der Waals surface area (Å²) in [6.45, 7) is 1.16. The van der Waals surface area contributed by atoms with E-state index in [0.717, 1.165) is 6.20 Å². The van der Waals surface area contributed by atoms with Gasteiger partial charge in [0.15, 0.2) is 0 Å². The zero-order chi connectivity index (χ0) is 12.5. The topological polar surface area (TPSA) is 79.5 Å². The minimum Gasteiger partial charge on any atom is -0.480 e. The molecule has 5 nitrogen and oxygen atoms in total. The molecule has 6 heteroatoms. The van der Waals surface area contributed by atoms with Crippen LogP contribution in [0.15, 0.2) is 18.5 Å². The number of nitrogens with two attached hydrogens (primary N) is 1. The number of nitrogens with zero attached hydrogens (tertiary/aromatic N) is 2. The number of pyridine rings is 1. The predicted molar refractivity (Wildman–Crippen MR) is 58.6 cm³/mol. The third-order valence-electron chi connectivity index (χ3n) is 3.06. The van der Waals surface area contributed by atoms with Crippen LogP contribution >= 0.6 is 0 Å². The summed E-state index contributed by atoms with van der Waals surface area (Å²) in [5.74, 6) is -1.38. The molecule has 2 rings (SSSR count). The second-order valence-electron chi connectivity index (χ2n) is 4.39. The number of hydrogen-bond acceptors (Lipinski definition) is 4. The van der Waals surface area contributed by atoms with Gasteiger partial charge >= 0.3 is 5.97 Å². The van der Waals surface area contributed by atoms with E-state index in [1.54, 1.807) is 6.07 Å². The van der Waals surface area contributed by atoms with E-state index < -0.39 is 11.5 Å². The Morgan fingerprint density at radius 2 is 2.47 bits per heavy atom. The first kappa shape index (κ1) is 11.9. The van der Waals surface area contributed by atoms with Gasteiger partial charge in [0.25, 0.3) is 0 Å². The Labute approximate surface area is 98.1 Å². The zero-order valence-electron chi connectivity index (χ0n) is 9.27. The zero-order valence-corrected chi connectivity index (χ0v) is 9.27. The number of carboxylic acid groups (broad SMARTS) is 1.